The molecule has 1 N–H and O–H groups in total. The minimum atomic E-state index is -0.00476. The van der Waals surface area contributed by atoms with Gasteiger partial charge < -0.3 is 5.32 Å². The third-order valence-corrected chi connectivity index (χ3v) is 5.18. The average Bonchev–Trinajstić information content (AvgIpc) is 3.20. The molecule has 1 aromatic heterocycles. The average molecular weight is 308 g/mol. The molecule has 1 atom stereocenters. The number of thiazole rings is 1. The number of nitrogens with one attached hydrogen (secondary N) is 1. The molecule has 2 heterocycles. The second-order valence-corrected chi connectivity index (χ2v) is 7.45. The molecule has 0 bridgehead atoms. The van der Waals surface area contributed by atoms with Crippen molar-refractivity contribution in [3.63, 3.8) is 0 Å². The topological polar surface area (TPSA) is 48.5 Å². The first kappa shape index (κ1) is 14.9. The summed E-state index contributed by atoms with van der Waals surface area (Å²) in [5.41, 5.74) is 0. The zero-order valence-corrected chi connectivity index (χ0v) is 13.7. The summed E-state index contributed by atoms with van der Waals surface area (Å²) in [7, 11) is 0. The SMILES string of the molecule is Cc1cnc(CN2CCN(C(C)C(=O)NC3CC3)CC2)s1. The normalized spacial score (nSPS) is 22.2. The molecule has 2 aliphatic rings. The summed E-state index contributed by atoms with van der Waals surface area (Å²) in [6.45, 7) is 9.01. The van der Waals surface area contributed by atoms with Crippen LogP contribution in [0.25, 0.3) is 0 Å². The fourth-order valence-electron chi connectivity index (χ4n) is 2.69. The summed E-state index contributed by atoms with van der Waals surface area (Å²) in [6.07, 6.45) is 4.25. The minimum absolute atomic E-state index is 0.00476. The van der Waals surface area contributed by atoms with E-state index in [9.17, 15) is 4.79 Å². The van der Waals surface area contributed by atoms with Gasteiger partial charge in [0.15, 0.2) is 0 Å². The molecule has 0 spiro atoms. The second kappa shape index (κ2) is 6.42. The maximum absolute atomic E-state index is 12.1. The number of rotatable bonds is 5. The van der Waals surface area contributed by atoms with Gasteiger partial charge in [0.1, 0.15) is 5.01 Å². The van der Waals surface area contributed by atoms with E-state index in [0.717, 1.165) is 45.6 Å². The van der Waals surface area contributed by atoms with Gasteiger partial charge in [-0.05, 0) is 26.7 Å². The van der Waals surface area contributed by atoms with Gasteiger partial charge >= 0.3 is 0 Å². The molecule has 116 valence electrons. The van der Waals surface area contributed by atoms with Crippen molar-refractivity contribution in [2.45, 2.75) is 45.3 Å². The molecule has 5 nitrogen and oxygen atoms in total. The number of carbonyl (C=O) groups excluding carboxylic acids is 1. The molecule has 1 saturated heterocycles. The molecule has 6 heteroatoms. The molecule has 0 aromatic carbocycles. The van der Waals surface area contributed by atoms with E-state index in [-0.39, 0.29) is 11.9 Å². The highest BCUT2D eigenvalue weighted by atomic mass is 32.1. The van der Waals surface area contributed by atoms with E-state index in [1.54, 1.807) is 11.3 Å². The van der Waals surface area contributed by atoms with E-state index < -0.39 is 0 Å². The van der Waals surface area contributed by atoms with Crippen molar-refractivity contribution in [3.8, 4) is 0 Å². The van der Waals surface area contributed by atoms with Gasteiger partial charge in [0.25, 0.3) is 0 Å². The third-order valence-electron chi connectivity index (χ3n) is 4.29. The fourth-order valence-corrected chi connectivity index (χ4v) is 3.52. The molecule has 1 aromatic rings. The van der Waals surface area contributed by atoms with Crippen molar-refractivity contribution in [1.82, 2.24) is 20.1 Å². The zero-order valence-electron chi connectivity index (χ0n) is 12.8. The maximum Gasteiger partial charge on any atom is 0.237 e. The van der Waals surface area contributed by atoms with Gasteiger partial charge in [-0.1, -0.05) is 0 Å². The lowest BCUT2D eigenvalue weighted by Crippen LogP contribution is -2.53. The summed E-state index contributed by atoms with van der Waals surface area (Å²) >= 11 is 1.78. The number of hydrogen-bond donors (Lipinski definition) is 1. The van der Waals surface area contributed by atoms with Crippen LogP contribution in [-0.4, -0.2) is 59.0 Å². The molecule has 2 fully saturated rings. The number of hydrogen-bond acceptors (Lipinski definition) is 5. The van der Waals surface area contributed by atoms with E-state index >= 15 is 0 Å². The Kier molecular flexibility index (Phi) is 4.57. The molecule has 1 aliphatic carbocycles. The Hall–Kier alpha value is -0.980. The van der Waals surface area contributed by atoms with E-state index in [4.69, 9.17) is 0 Å². The number of piperazine rings is 1. The van der Waals surface area contributed by atoms with Gasteiger partial charge in [-0.25, -0.2) is 4.98 Å². The Morgan fingerprint density at radius 1 is 1.43 bits per heavy atom. The molecule has 21 heavy (non-hydrogen) atoms. The number of amides is 1. The van der Waals surface area contributed by atoms with Gasteiger partial charge in [0.05, 0.1) is 12.6 Å². The molecule has 3 rings (SSSR count). The first-order valence-electron chi connectivity index (χ1n) is 7.80. The Morgan fingerprint density at radius 2 is 2.14 bits per heavy atom. The van der Waals surface area contributed by atoms with Crippen LogP contribution in [0.1, 0.15) is 29.7 Å². The van der Waals surface area contributed by atoms with Crippen molar-refractivity contribution in [2.75, 3.05) is 26.2 Å². The Morgan fingerprint density at radius 3 is 2.71 bits per heavy atom. The van der Waals surface area contributed by atoms with Gasteiger partial charge in [0, 0.05) is 43.3 Å². The number of aryl methyl sites for hydroxylation is 1. The Balaban J connectivity index is 1.44. The monoisotopic (exact) mass is 308 g/mol. The molecular formula is C15H24N4OS. The number of carbonyl (C=O) groups is 1. The lowest BCUT2D eigenvalue weighted by molar-refractivity contribution is -0.126. The summed E-state index contributed by atoms with van der Waals surface area (Å²) in [6, 6.07) is 0.448. The van der Waals surface area contributed by atoms with Crippen molar-refractivity contribution >= 4 is 17.2 Å². The van der Waals surface area contributed by atoms with Crippen molar-refractivity contribution in [3.05, 3.63) is 16.1 Å². The predicted molar refractivity (Wildman–Crippen MR) is 84.3 cm³/mol. The highest BCUT2D eigenvalue weighted by molar-refractivity contribution is 7.11. The van der Waals surface area contributed by atoms with Crippen LogP contribution in [0.2, 0.25) is 0 Å². The van der Waals surface area contributed by atoms with Crippen LogP contribution >= 0.6 is 11.3 Å². The van der Waals surface area contributed by atoms with Gasteiger partial charge in [0.2, 0.25) is 5.91 Å². The largest absolute Gasteiger partial charge is 0.352 e. The third kappa shape index (κ3) is 4.02. The predicted octanol–water partition coefficient (Wildman–Crippen LogP) is 1.24. The maximum atomic E-state index is 12.1. The Labute approximate surface area is 130 Å². The quantitative estimate of drug-likeness (QED) is 0.889. The molecule has 0 radical (unpaired) electrons. The highest BCUT2D eigenvalue weighted by Gasteiger charge is 2.30. The van der Waals surface area contributed by atoms with Crippen molar-refractivity contribution in [1.29, 1.82) is 0 Å². The lowest BCUT2D eigenvalue weighted by Gasteiger charge is -2.37. The van der Waals surface area contributed by atoms with Crippen LogP contribution in [0.5, 0.6) is 0 Å². The Bertz CT molecular complexity index is 492. The second-order valence-electron chi connectivity index (χ2n) is 6.14. The fraction of sp³-hybridized carbons (Fsp3) is 0.733. The van der Waals surface area contributed by atoms with E-state index in [1.165, 1.54) is 9.88 Å². The molecule has 1 saturated carbocycles. The molecule has 1 unspecified atom stereocenters. The van der Waals surface area contributed by atoms with Gasteiger partial charge in [-0.2, -0.15) is 0 Å². The minimum Gasteiger partial charge on any atom is -0.352 e. The molecule has 1 amide bonds. The molecular weight excluding hydrogens is 284 g/mol. The van der Waals surface area contributed by atoms with Gasteiger partial charge in [-0.15, -0.1) is 11.3 Å². The first-order chi connectivity index (χ1) is 10.1. The first-order valence-corrected chi connectivity index (χ1v) is 8.61. The standard InChI is InChI=1S/C15H24N4OS/c1-11-9-16-14(21-11)10-18-5-7-19(8-6-18)12(2)15(20)17-13-3-4-13/h9,12-13H,3-8,10H2,1-2H3,(H,17,20). The summed E-state index contributed by atoms with van der Waals surface area (Å²) in [5, 5.41) is 4.30. The zero-order chi connectivity index (χ0) is 14.8. The lowest BCUT2D eigenvalue weighted by atomic mass is 10.2. The molecule has 1 aliphatic heterocycles. The van der Waals surface area contributed by atoms with E-state index in [2.05, 4.69) is 27.0 Å². The van der Waals surface area contributed by atoms with Crippen LogP contribution in [0.4, 0.5) is 0 Å². The van der Waals surface area contributed by atoms with Crippen LogP contribution in [0, 0.1) is 6.92 Å². The number of nitrogens with zero attached hydrogens (tertiary/aromatic N) is 3. The van der Waals surface area contributed by atoms with E-state index in [0.29, 0.717) is 6.04 Å². The van der Waals surface area contributed by atoms with Gasteiger partial charge in [-0.3, -0.25) is 14.6 Å². The van der Waals surface area contributed by atoms with Crippen LogP contribution < -0.4 is 5.32 Å². The number of aromatic nitrogens is 1. The summed E-state index contributed by atoms with van der Waals surface area (Å²) in [4.78, 5) is 22.5. The summed E-state index contributed by atoms with van der Waals surface area (Å²) in [5.74, 6) is 0.196. The summed E-state index contributed by atoms with van der Waals surface area (Å²) < 4.78 is 0. The van der Waals surface area contributed by atoms with Crippen molar-refractivity contribution < 1.29 is 4.79 Å². The van der Waals surface area contributed by atoms with E-state index in [1.807, 2.05) is 13.1 Å². The van der Waals surface area contributed by atoms with Crippen molar-refractivity contribution in [2.24, 2.45) is 0 Å². The highest BCUT2D eigenvalue weighted by Crippen LogP contribution is 2.19. The van der Waals surface area contributed by atoms with Crippen LogP contribution in [0.15, 0.2) is 6.20 Å². The van der Waals surface area contributed by atoms with Crippen LogP contribution in [-0.2, 0) is 11.3 Å². The van der Waals surface area contributed by atoms with Crippen LogP contribution in [0.3, 0.4) is 0 Å². The smallest absolute Gasteiger partial charge is 0.237 e.